The lowest BCUT2D eigenvalue weighted by atomic mass is 10.1. The largest absolute Gasteiger partial charge is 0.356 e. The highest BCUT2D eigenvalue weighted by molar-refractivity contribution is 7.20. The summed E-state index contributed by atoms with van der Waals surface area (Å²) >= 11 is 7.39. The summed E-state index contributed by atoms with van der Waals surface area (Å²) in [7, 11) is 0. The summed E-state index contributed by atoms with van der Waals surface area (Å²) in [6, 6.07) is 7.72. The van der Waals surface area contributed by atoms with Crippen molar-refractivity contribution in [3.8, 4) is 0 Å². The van der Waals surface area contributed by atoms with Crippen molar-refractivity contribution in [1.29, 1.82) is 0 Å². The van der Waals surface area contributed by atoms with Crippen molar-refractivity contribution in [2.45, 2.75) is 39.5 Å². The number of carbonyl (C=O) groups is 1. The molecule has 0 radical (unpaired) electrons. The Balaban J connectivity index is 1.54. The third-order valence-corrected chi connectivity index (χ3v) is 6.79. The number of hydrogen-bond acceptors (Lipinski definition) is 5. The molecule has 0 spiro atoms. The van der Waals surface area contributed by atoms with Crippen molar-refractivity contribution in [1.82, 2.24) is 15.3 Å². The predicted molar refractivity (Wildman–Crippen MR) is 120 cm³/mol. The summed E-state index contributed by atoms with van der Waals surface area (Å²) in [5, 5.41) is 4.81. The first-order chi connectivity index (χ1) is 14.0. The van der Waals surface area contributed by atoms with E-state index in [4.69, 9.17) is 16.6 Å². The maximum atomic E-state index is 12.9. The van der Waals surface area contributed by atoms with Crippen LogP contribution in [0, 0.1) is 13.8 Å². The van der Waals surface area contributed by atoms with Gasteiger partial charge >= 0.3 is 0 Å². The number of benzene rings is 1. The van der Waals surface area contributed by atoms with Crippen molar-refractivity contribution < 1.29 is 4.79 Å². The number of halogens is 1. The van der Waals surface area contributed by atoms with Crippen LogP contribution < -0.4 is 10.2 Å². The molecule has 0 atom stereocenters. The molecule has 3 aromatic rings. The normalized spacial score (nSPS) is 14.4. The number of hydrogen-bond donors (Lipinski definition) is 1. The van der Waals surface area contributed by atoms with Gasteiger partial charge in [0.1, 0.15) is 16.5 Å². The van der Waals surface area contributed by atoms with E-state index in [1.165, 1.54) is 30.6 Å². The van der Waals surface area contributed by atoms with E-state index in [2.05, 4.69) is 15.2 Å². The van der Waals surface area contributed by atoms with Gasteiger partial charge in [-0.05, 0) is 62.8 Å². The molecule has 1 fully saturated rings. The molecule has 0 bridgehead atoms. The number of fused-ring (bicyclic) bond motifs is 1. The van der Waals surface area contributed by atoms with Gasteiger partial charge in [-0.15, -0.1) is 11.3 Å². The molecule has 3 heterocycles. The van der Waals surface area contributed by atoms with Gasteiger partial charge in [0.2, 0.25) is 0 Å². The van der Waals surface area contributed by atoms with Crippen LogP contribution in [0.1, 0.15) is 45.9 Å². The summed E-state index contributed by atoms with van der Waals surface area (Å²) in [6.45, 7) is 6.55. The Morgan fingerprint density at radius 2 is 1.86 bits per heavy atom. The summed E-state index contributed by atoms with van der Waals surface area (Å²) in [5.74, 6) is 1.71. The SMILES string of the molecule is Cc1nc(N2CCCCC2)c2c(C)c(C(=O)NCCc3ccc(Cl)cc3)sc2n1. The van der Waals surface area contributed by atoms with Crippen LogP contribution in [0.4, 0.5) is 5.82 Å². The number of nitrogens with zero attached hydrogens (tertiary/aromatic N) is 3. The second-order valence-electron chi connectivity index (χ2n) is 7.51. The maximum Gasteiger partial charge on any atom is 0.261 e. The average molecular weight is 429 g/mol. The molecule has 0 aliphatic carbocycles. The van der Waals surface area contributed by atoms with Crippen LogP contribution in [0.5, 0.6) is 0 Å². The molecule has 0 unspecified atom stereocenters. The Morgan fingerprint density at radius 3 is 2.59 bits per heavy atom. The Labute approximate surface area is 180 Å². The number of aryl methyl sites for hydroxylation is 2. The van der Waals surface area contributed by atoms with Crippen molar-refractivity contribution in [2.24, 2.45) is 0 Å². The average Bonchev–Trinajstić information content (AvgIpc) is 3.06. The minimum atomic E-state index is -0.0401. The van der Waals surface area contributed by atoms with Gasteiger partial charge in [-0.25, -0.2) is 9.97 Å². The number of rotatable bonds is 5. The van der Waals surface area contributed by atoms with Gasteiger partial charge in [-0.2, -0.15) is 0 Å². The molecule has 1 saturated heterocycles. The van der Waals surface area contributed by atoms with Crippen LogP contribution in [0.2, 0.25) is 5.02 Å². The lowest BCUT2D eigenvalue weighted by Crippen LogP contribution is -2.30. The highest BCUT2D eigenvalue weighted by Crippen LogP contribution is 2.36. The Bertz CT molecular complexity index is 1030. The second kappa shape index (κ2) is 8.67. The Morgan fingerprint density at radius 1 is 1.14 bits per heavy atom. The standard InChI is InChI=1S/C22H25ClN4OS/c1-14-18-20(27-12-4-3-5-13-27)25-15(2)26-22(18)29-19(14)21(28)24-11-10-16-6-8-17(23)9-7-16/h6-9H,3-5,10-13H2,1-2H3,(H,24,28). The Kier molecular flexibility index (Phi) is 6.01. The van der Waals surface area contributed by atoms with Crippen LogP contribution in [0.3, 0.4) is 0 Å². The lowest BCUT2D eigenvalue weighted by Gasteiger charge is -2.28. The third kappa shape index (κ3) is 4.38. The fraction of sp³-hybridized carbons (Fsp3) is 0.409. The number of aromatic nitrogens is 2. The van der Waals surface area contributed by atoms with Crippen LogP contribution in [0.25, 0.3) is 10.2 Å². The number of anilines is 1. The molecule has 2 aromatic heterocycles. The van der Waals surface area contributed by atoms with Gasteiger partial charge in [-0.3, -0.25) is 4.79 Å². The monoisotopic (exact) mass is 428 g/mol. The first kappa shape index (κ1) is 20.1. The maximum absolute atomic E-state index is 12.9. The minimum absolute atomic E-state index is 0.0401. The van der Waals surface area contributed by atoms with E-state index in [9.17, 15) is 4.79 Å². The summed E-state index contributed by atoms with van der Waals surface area (Å²) < 4.78 is 0. The molecule has 4 rings (SSSR count). The van der Waals surface area contributed by atoms with E-state index in [1.54, 1.807) is 0 Å². The van der Waals surface area contributed by atoms with Gasteiger partial charge in [0, 0.05) is 24.7 Å². The second-order valence-corrected chi connectivity index (χ2v) is 8.95. The zero-order valence-corrected chi connectivity index (χ0v) is 18.4. The van der Waals surface area contributed by atoms with Crippen molar-refractivity contribution in [2.75, 3.05) is 24.5 Å². The minimum Gasteiger partial charge on any atom is -0.356 e. The summed E-state index contributed by atoms with van der Waals surface area (Å²) in [4.78, 5) is 26.2. The smallest absolute Gasteiger partial charge is 0.261 e. The third-order valence-electron chi connectivity index (χ3n) is 5.36. The molecular weight excluding hydrogens is 404 g/mol. The van der Waals surface area contributed by atoms with Crippen LogP contribution >= 0.6 is 22.9 Å². The molecule has 152 valence electrons. The van der Waals surface area contributed by atoms with E-state index in [1.807, 2.05) is 38.1 Å². The van der Waals surface area contributed by atoms with E-state index in [0.29, 0.717) is 6.54 Å². The van der Waals surface area contributed by atoms with Crippen molar-refractivity contribution >= 4 is 44.9 Å². The van der Waals surface area contributed by atoms with Gasteiger partial charge in [0.05, 0.1) is 10.3 Å². The molecule has 0 saturated carbocycles. The zero-order chi connectivity index (χ0) is 20.4. The fourth-order valence-corrected chi connectivity index (χ4v) is 5.09. The predicted octanol–water partition coefficient (Wildman–Crippen LogP) is 4.92. The topological polar surface area (TPSA) is 58.1 Å². The first-order valence-electron chi connectivity index (χ1n) is 10.1. The summed E-state index contributed by atoms with van der Waals surface area (Å²) in [5.41, 5.74) is 2.13. The molecule has 1 aromatic carbocycles. The molecule has 29 heavy (non-hydrogen) atoms. The van der Waals surface area contributed by atoms with E-state index < -0.39 is 0 Å². The van der Waals surface area contributed by atoms with Crippen molar-refractivity contribution in [3.05, 3.63) is 51.1 Å². The molecular formula is C22H25ClN4OS. The molecule has 1 amide bonds. The molecule has 1 N–H and O–H groups in total. The van der Waals surface area contributed by atoms with Crippen LogP contribution in [0.15, 0.2) is 24.3 Å². The molecule has 1 aliphatic rings. The van der Waals surface area contributed by atoms with Crippen molar-refractivity contribution in [3.63, 3.8) is 0 Å². The number of carbonyl (C=O) groups excluding carboxylic acids is 1. The van der Waals surface area contributed by atoms with E-state index in [0.717, 1.165) is 62.4 Å². The number of amides is 1. The number of thiophene rings is 1. The van der Waals surface area contributed by atoms with Gasteiger partial charge in [0.15, 0.2) is 0 Å². The molecule has 5 nitrogen and oxygen atoms in total. The van der Waals surface area contributed by atoms with E-state index in [-0.39, 0.29) is 5.91 Å². The zero-order valence-electron chi connectivity index (χ0n) is 16.8. The number of nitrogens with one attached hydrogen (secondary N) is 1. The van der Waals surface area contributed by atoms with Crippen LogP contribution in [-0.2, 0) is 6.42 Å². The summed E-state index contributed by atoms with van der Waals surface area (Å²) in [6.07, 6.45) is 4.41. The van der Waals surface area contributed by atoms with Crippen LogP contribution in [-0.4, -0.2) is 35.5 Å². The molecule has 1 aliphatic heterocycles. The van der Waals surface area contributed by atoms with Gasteiger partial charge in [-0.1, -0.05) is 23.7 Å². The highest BCUT2D eigenvalue weighted by Gasteiger charge is 2.23. The fourth-order valence-electron chi connectivity index (χ4n) is 3.82. The van der Waals surface area contributed by atoms with Gasteiger partial charge < -0.3 is 10.2 Å². The highest BCUT2D eigenvalue weighted by atomic mass is 35.5. The van der Waals surface area contributed by atoms with Gasteiger partial charge in [0.25, 0.3) is 5.91 Å². The Hall–Kier alpha value is -2.18. The number of piperidine rings is 1. The first-order valence-corrected chi connectivity index (χ1v) is 11.3. The quantitative estimate of drug-likeness (QED) is 0.626. The van der Waals surface area contributed by atoms with E-state index >= 15 is 0 Å². The molecule has 7 heteroatoms. The lowest BCUT2D eigenvalue weighted by molar-refractivity contribution is 0.0957.